The number of anilines is 3. The molecule has 114 valence electrons. The van der Waals surface area contributed by atoms with E-state index in [1.165, 1.54) is 0 Å². The van der Waals surface area contributed by atoms with Crippen molar-refractivity contribution in [2.45, 2.75) is 26.7 Å². The Bertz CT molecular complexity index is 641. The summed E-state index contributed by atoms with van der Waals surface area (Å²) >= 11 is 0. The third kappa shape index (κ3) is 4.19. The van der Waals surface area contributed by atoms with Gasteiger partial charge in [0, 0.05) is 24.8 Å². The van der Waals surface area contributed by atoms with Crippen LogP contribution in [0.3, 0.4) is 0 Å². The first-order valence-electron chi connectivity index (χ1n) is 7.61. The van der Waals surface area contributed by atoms with Crippen LogP contribution in [0.1, 0.15) is 32.3 Å². The van der Waals surface area contributed by atoms with Gasteiger partial charge in [0.15, 0.2) is 0 Å². The second kappa shape index (κ2) is 7.99. The number of benzene rings is 1. The van der Waals surface area contributed by atoms with Gasteiger partial charge in [-0.2, -0.15) is 5.26 Å². The van der Waals surface area contributed by atoms with E-state index >= 15 is 0 Å². The van der Waals surface area contributed by atoms with Gasteiger partial charge in [0.05, 0.1) is 11.6 Å². The molecule has 0 aliphatic carbocycles. The molecule has 1 heterocycles. The van der Waals surface area contributed by atoms with Gasteiger partial charge in [-0.15, -0.1) is 0 Å². The number of hydrogen-bond donors (Lipinski definition) is 1. The van der Waals surface area contributed by atoms with Gasteiger partial charge in [-0.25, -0.2) is 9.97 Å². The van der Waals surface area contributed by atoms with Crippen LogP contribution in [0.4, 0.5) is 17.3 Å². The van der Waals surface area contributed by atoms with Gasteiger partial charge in [0.2, 0.25) is 0 Å². The summed E-state index contributed by atoms with van der Waals surface area (Å²) in [4.78, 5) is 10.9. The van der Waals surface area contributed by atoms with Crippen molar-refractivity contribution in [2.75, 3.05) is 23.3 Å². The molecule has 0 bridgehead atoms. The summed E-state index contributed by atoms with van der Waals surface area (Å²) in [5, 5.41) is 12.2. The Morgan fingerprint density at radius 2 is 1.91 bits per heavy atom. The Hall–Kier alpha value is -2.61. The normalized spacial score (nSPS) is 10.0. The topological polar surface area (TPSA) is 64.8 Å². The van der Waals surface area contributed by atoms with Crippen molar-refractivity contribution < 1.29 is 0 Å². The number of nitriles is 1. The van der Waals surface area contributed by atoms with Crippen LogP contribution in [0.15, 0.2) is 36.7 Å². The molecule has 1 N–H and O–H groups in total. The zero-order chi connectivity index (χ0) is 15.8. The molecule has 0 saturated carbocycles. The smallest absolute Gasteiger partial charge is 0.135 e. The van der Waals surface area contributed by atoms with Crippen molar-refractivity contribution in [3.8, 4) is 6.07 Å². The lowest BCUT2D eigenvalue weighted by molar-refractivity contribution is 0.733. The standard InChI is InChI=1S/C17H21N5/c1-3-8-22(9-4-2)17-11-16(19-13-20-17)21-15-7-5-6-14(10-15)12-18/h5-7,10-11,13H,3-4,8-9H2,1-2H3,(H,19,20,21). The van der Waals surface area contributed by atoms with E-state index in [0.29, 0.717) is 5.56 Å². The molecule has 0 radical (unpaired) electrons. The lowest BCUT2D eigenvalue weighted by Crippen LogP contribution is -2.25. The molecule has 0 unspecified atom stereocenters. The van der Waals surface area contributed by atoms with Crippen LogP contribution in [0.5, 0.6) is 0 Å². The van der Waals surface area contributed by atoms with Crippen molar-refractivity contribution in [3.05, 3.63) is 42.2 Å². The third-order valence-corrected chi connectivity index (χ3v) is 3.23. The fourth-order valence-electron chi connectivity index (χ4n) is 2.28. The highest BCUT2D eigenvalue weighted by Gasteiger charge is 2.07. The predicted molar refractivity (Wildman–Crippen MR) is 89.3 cm³/mol. The number of aromatic nitrogens is 2. The highest BCUT2D eigenvalue weighted by molar-refractivity contribution is 5.60. The molecule has 22 heavy (non-hydrogen) atoms. The molecule has 0 spiro atoms. The molecule has 0 amide bonds. The van der Waals surface area contributed by atoms with Gasteiger partial charge in [0.25, 0.3) is 0 Å². The maximum atomic E-state index is 8.95. The molecule has 2 aromatic rings. The molecular weight excluding hydrogens is 274 g/mol. The van der Waals surface area contributed by atoms with Crippen LogP contribution in [-0.4, -0.2) is 23.1 Å². The van der Waals surface area contributed by atoms with E-state index in [4.69, 9.17) is 5.26 Å². The fraction of sp³-hybridized carbons (Fsp3) is 0.353. The van der Waals surface area contributed by atoms with E-state index in [1.807, 2.05) is 18.2 Å². The number of nitrogens with zero attached hydrogens (tertiary/aromatic N) is 4. The van der Waals surface area contributed by atoms with Gasteiger partial charge in [-0.1, -0.05) is 19.9 Å². The monoisotopic (exact) mass is 295 g/mol. The summed E-state index contributed by atoms with van der Waals surface area (Å²) in [6, 6.07) is 11.4. The Morgan fingerprint density at radius 1 is 1.14 bits per heavy atom. The average molecular weight is 295 g/mol. The lowest BCUT2D eigenvalue weighted by Gasteiger charge is -2.22. The minimum Gasteiger partial charge on any atom is -0.356 e. The molecule has 5 nitrogen and oxygen atoms in total. The van der Waals surface area contributed by atoms with Crippen LogP contribution in [0.25, 0.3) is 0 Å². The molecule has 0 aliphatic rings. The summed E-state index contributed by atoms with van der Waals surface area (Å²) < 4.78 is 0. The van der Waals surface area contributed by atoms with E-state index in [2.05, 4.69) is 40.1 Å². The second-order valence-corrected chi connectivity index (χ2v) is 5.07. The van der Waals surface area contributed by atoms with Gasteiger partial charge < -0.3 is 10.2 Å². The highest BCUT2D eigenvalue weighted by Crippen LogP contribution is 2.19. The number of hydrogen-bond acceptors (Lipinski definition) is 5. The Balaban J connectivity index is 2.18. The Kier molecular flexibility index (Phi) is 5.73. The van der Waals surface area contributed by atoms with Gasteiger partial charge in [-0.3, -0.25) is 0 Å². The largest absolute Gasteiger partial charge is 0.356 e. The molecular formula is C17H21N5. The Labute approximate surface area is 131 Å². The highest BCUT2D eigenvalue weighted by atomic mass is 15.2. The van der Waals surface area contributed by atoms with E-state index in [-0.39, 0.29) is 0 Å². The summed E-state index contributed by atoms with van der Waals surface area (Å²) in [5.41, 5.74) is 1.47. The lowest BCUT2D eigenvalue weighted by atomic mass is 10.2. The van der Waals surface area contributed by atoms with Gasteiger partial charge in [-0.05, 0) is 31.0 Å². The van der Waals surface area contributed by atoms with Crippen LogP contribution in [0.2, 0.25) is 0 Å². The summed E-state index contributed by atoms with van der Waals surface area (Å²) in [7, 11) is 0. The first-order valence-corrected chi connectivity index (χ1v) is 7.61. The van der Waals surface area contributed by atoms with Crippen LogP contribution < -0.4 is 10.2 Å². The van der Waals surface area contributed by atoms with E-state index in [0.717, 1.165) is 43.3 Å². The zero-order valence-corrected chi connectivity index (χ0v) is 13.1. The fourth-order valence-corrected chi connectivity index (χ4v) is 2.28. The molecule has 0 atom stereocenters. The SMILES string of the molecule is CCCN(CCC)c1cc(Nc2cccc(C#N)c2)ncn1. The molecule has 1 aromatic carbocycles. The molecule has 0 saturated heterocycles. The van der Waals surface area contributed by atoms with Crippen molar-refractivity contribution in [1.29, 1.82) is 5.26 Å². The summed E-state index contributed by atoms with van der Waals surface area (Å²) in [6.07, 6.45) is 3.73. The van der Waals surface area contributed by atoms with E-state index < -0.39 is 0 Å². The molecule has 1 aromatic heterocycles. The minimum atomic E-state index is 0.623. The first-order chi connectivity index (χ1) is 10.8. The summed E-state index contributed by atoms with van der Waals surface area (Å²) in [5.74, 6) is 1.66. The molecule has 5 heteroatoms. The average Bonchev–Trinajstić information content (AvgIpc) is 2.55. The maximum absolute atomic E-state index is 8.95. The number of rotatable bonds is 7. The van der Waals surface area contributed by atoms with Crippen LogP contribution >= 0.6 is 0 Å². The second-order valence-electron chi connectivity index (χ2n) is 5.07. The van der Waals surface area contributed by atoms with Gasteiger partial charge in [0.1, 0.15) is 18.0 Å². The predicted octanol–water partition coefficient (Wildman–Crippen LogP) is 3.72. The van der Waals surface area contributed by atoms with Crippen molar-refractivity contribution in [3.63, 3.8) is 0 Å². The quantitative estimate of drug-likeness (QED) is 0.843. The maximum Gasteiger partial charge on any atom is 0.135 e. The van der Waals surface area contributed by atoms with E-state index in [9.17, 15) is 0 Å². The van der Waals surface area contributed by atoms with Crippen molar-refractivity contribution in [2.24, 2.45) is 0 Å². The van der Waals surface area contributed by atoms with Gasteiger partial charge >= 0.3 is 0 Å². The molecule has 0 aliphatic heterocycles. The van der Waals surface area contributed by atoms with Crippen LogP contribution in [0, 0.1) is 11.3 Å². The minimum absolute atomic E-state index is 0.623. The van der Waals surface area contributed by atoms with Crippen molar-refractivity contribution in [1.82, 2.24) is 9.97 Å². The van der Waals surface area contributed by atoms with E-state index in [1.54, 1.807) is 18.5 Å². The van der Waals surface area contributed by atoms with Crippen LogP contribution in [-0.2, 0) is 0 Å². The first kappa shape index (κ1) is 15.8. The third-order valence-electron chi connectivity index (χ3n) is 3.23. The zero-order valence-electron chi connectivity index (χ0n) is 13.1. The molecule has 2 rings (SSSR count). The van der Waals surface area contributed by atoms with Crippen molar-refractivity contribution >= 4 is 17.3 Å². The number of nitrogens with one attached hydrogen (secondary N) is 1. The summed E-state index contributed by atoms with van der Waals surface area (Å²) in [6.45, 7) is 6.29. The molecule has 0 fully saturated rings. The Morgan fingerprint density at radius 3 is 2.59 bits per heavy atom.